The molecule has 0 saturated carbocycles. The van der Waals surface area contributed by atoms with Gasteiger partial charge in [-0.05, 0) is 36.8 Å². The van der Waals surface area contributed by atoms with E-state index < -0.39 is 5.60 Å². The normalized spacial score (nSPS) is 13.3. The van der Waals surface area contributed by atoms with Gasteiger partial charge in [-0.15, -0.1) is 0 Å². The maximum absolute atomic E-state index is 11.8. The van der Waals surface area contributed by atoms with Crippen molar-refractivity contribution in [1.82, 2.24) is 5.32 Å². The van der Waals surface area contributed by atoms with Crippen LogP contribution in [0, 0.1) is 0 Å². The van der Waals surface area contributed by atoms with E-state index in [4.69, 9.17) is 4.74 Å². The fourth-order valence-electron chi connectivity index (χ4n) is 1.58. The Balaban J connectivity index is 2.61. The lowest BCUT2D eigenvalue weighted by atomic mass is 10.1. The Bertz CT molecular complexity index is 424. The largest absolute Gasteiger partial charge is 0.444 e. The first kappa shape index (κ1) is 16.0. The average Bonchev–Trinajstić information content (AvgIpc) is 2.27. The molecule has 0 bridgehead atoms. The SMILES string of the molecule is CC(C)(C)OC(=O)N[C@H](/C=C/I)Cc1ccccc1. The van der Waals surface area contributed by atoms with Crippen molar-refractivity contribution in [2.45, 2.75) is 38.8 Å². The minimum atomic E-state index is -0.477. The Morgan fingerprint density at radius 2 is 2.00 bits per heavy atom. The minimum Gasteiger partial charge on any atom is -0.444 e. The van der Waals surface area contributed by atoms with Crippen LogP contribution in [0.1, 0.15) is 26.3 Å². The third-order valence-corrected chi connectivity index (χ3v) is 2.72. The van der Waals surface area contributed by atoms with E-state index in [0.717, 1.165) is 6.42 Å². The van der Waals surface area contributed by atoms with Crippen molar-refractivity contribution in [3.8, 4) is 0 Å². The highest BCUT2D eigenvalue weighted by molar-refractivity contribution is 14.1. The van der Waals surface area contributed by atoms with E-state index in [1.165, 1.54) is 5.56 Å². The van der Waals surface area contributed by atoms with Crippen LogP contribution < -0.4 is 5.32 Å². The molecule has 0 fully saturated rings. The fourth-order valence-corrected chi connectivity index (χ4v) is 2.08. The molecule has 1 aromatic rings. The first-order valence-corrected chi connectivity index (χ1v) is 7.45. The second kappa shape index (κ2) is 7.53. The molecule has 1 atom stereocenters. The third-order valence-electron chi connectivity index (χ3n) is 2.31. The summed E-state index contributed by atoms with van der Waals surface area (Å²) in [6.07, 6.45) is 2.32. The van der Waals surface area contributed by atoms with Crippen LogP contribution in [0.4, 0.5) is 4.79 Å². The molecule has 0 aromatic heterocycles. The molecule has 3 nitrogen and oxygen atoms in total. The van der Waals surface area contributed by atoms with Gasteiger partial charge in [-0.2, -0.15) is 0 Å². The lowest BCUT2D eigenvalue weighted by Crippen LogP contribution is -2.39. The summed E-state index contributed by atoms with van der Waals surface area (Å²) in [6, 6.07) is 10.00. The monoisotopic (exact) mass is 373 g/mol. The summed E-state index contributed by atoms with van der Waals surface area (Å²) >= 11 is 2.15. The molecule has 1 rings (SSSR count). The van der Waals surface area contributed by atoms with Gasteiger partial charge in [0, 0.05) is 0 Å². The maximum Gasteiger partial charge on any atom is 0.408 e. The molecule has 1 N–H and O–H groups in total. The Morgan fingerprint density at radius 1 is 1.37 bits per heavy atom. The first-order chi connectivity index (χ1) is 8.90. The zero-order chi connectivity index (χ0) is 14.3. The summed E-state index contributed by atoms with van der Waals surface area (Å²) < 4.78 is 7.17. The molecule has 1 amide bonds. The van der Waals surface area contributed by atoms with E-state index in [2.05, 4.69) is 27.9 Å². The van der Waals surface area contributed by atoms with Crippen LogP contribution in [0.25, 0.3) is 0 Å². The first-order valence-electron chi connectivity index (χ1n) is 6.21. The highest BCUT2D eigenvalue weighted by Gasteiger charge is 2.18. The standard InChI is InChI=1S/C15H20INO2/c1-15(2,3)19-14(18)17-13(9-10-16)11-12-7-5-4-6-8-12/h4-10,13H,11H2,1-3H3,(H,17,18)/b10-9+/t13-/m1/s1. The lowest BCUT2D eigenvalue weighted by Gasteiger charge is -2.22. The van der Waals surface area contributed by atoms with Crippen molar-refractivity contribution < 1.29 is 9.53 Å². The van der Waals surface area contributed by atoms with Gasteiger partial charge in [-0.3, -0.25) is 0 Å². The summed E-state index contributed by atoms with van der Waals surface area (Å²) in [5, 5.41) is 2.87. The molecule has 0 saturated heterocycles. The molecule has 0 aliphatic heterocycles. The molecule has 0 unspecified atom stereocenters. The number of hydrogen-bond acceptors (Lipinski definition) is 2. The Hall–Kier alpha value is -1.04. The zero-order valence-corrected chi connectivity index (χ0v) is 13.7. The molecule has 1 aromatic carbocycles. The number of hydrogen-bond donors (Lipinski definition) is 1. The van der Waals surface area contributed by atoms with Crippen molar-refractivity contribution in [3.63, 3.8) is 0 Å². The van der Waals surface area contributed by atoms with Crippen molar-refractivity contribution in [3.05, 3.63) is 46.1 Å². The molecule has 0 aliphatic rings. The number of rotatable bonds is 4. The fraction of sp³-hybridized carbons (Fsp3) is 0.400. The van der Waals surface area contributed by atoms with Crippen LogP contribution in [-0.2, 0) is 11.2 Å². The molecule has 4 heteroatoms. The van der Waals surface area contributed by atoms with Crippen molar-refractivity contribution in [2.75, 3.05) is 0 Å². The summed E-state index contributed by atoms with van der Waals surface area (Å²) in [5.41, 5.74) is 0.702. The number of carbonyl (C=O) groups is 1. The van der Waals surface area contributed by atoms with Gasteiger partial charge in [0.2, 0.25) is 0 Å². The van der Waals surface area contributed by atoms with Crippen molar-refractivity contribution >= 4 is 28.7 Å². The number of carbonyl (C=O) groups excluding carboxylic acids is 1. The van der Waals surface area contributed by atoms with Crippen LogP contribution >= 0.6 is 22.6 Å². The predicted molar refractivity (Wildman–Crippen MR) is 86.5 cm³/mol. The Kier molecular flexibility index (Phi) is 6.34. The topological polar surface area (TPSA) is 38.3 Å². The number of ether oxygens (including phenoxy) is 1. The second-order valence-corrected chi connectivity index (χ2v) is 5.98. The minimum absolute atomic E-state index is 0.0610. The van der Waals surface area contributed by atoms with Crippen LogP contribution in [-0.4, -0.2) is 17.7 Å². The Morgan fingerprint density at radius 3 is 2.53 bits per heavy atom. The smallest absolute Gasteiger partial charge is 0.408 e. The molecule has 0 spiro atoms. The number of amides is 1. The number of halogens is 1. The summed E-state index contributed by atoms with van der Waals surface area (Å²) in [5.74, 6) is 0. The number of nitrogens with one attached hydrogen (secondary N) is 1. The average molecular weight is 373 g/mol. The van der Waals surface area contributed by atoms with Gasteiger partial charge in [0.1, 0.15) is 5.60 Å². The van der Waals surface area contributed by atoms with E-state index >= 15 is 0 Å². The molecular formula is C15H20INO2. The van der Waals surface area contributed by atoms with Gasteiger partial charge in [0.15, 0.2) is 0 Å². The number of benzene rings is 1. The number of alkyl carbamates (subject to hydrolysis) is 1. The second-order valence-electron chi connectivity index (χ2n) is 5.26. The predicted octanol–water partition coefficient (Wildman–Crippen LogP) is 4.07. The lowest BCUT2D eigenvalue weighted by molar-refractivity contribution is 0.0514. The van der Waals surface area contributed by atoms with Crippen LogP contribution in [0.3, 0.4) is 0 Å². The van der Waals surface area contributed by atoms with Crippen LogP contribution in [0.5, 0.6) is 0 Å². The molecule has 0 radical (unpaired) electrons. The van der Waals surface area contributed by atoms with Crippen LogP contribution in [0.15, 0.2) is 40.5 Å². The summed E-state index contributed by atoms with van der Waals surface area (Å²) in [7, 11) is 0. The molecule has 0 aliphatic carbocycles. The van der Waals surface area contributed by atoms with Crippen molar-refractivity contribution in [1.29, 1.82) is 0 Å². The van der Waals surface area contributed by atoms with E-state index in [-0.39, 0.29) is 12.1 Å². The Labute approximate surface area is 128 Å². The van der Waals surface area contributed by atoms with Gasteiger partial charge in [0.05, 0.1) is 6.04 Å². The molecule has 19 heavy (non-hydrogen) atoms. The van der Waals surface area contributed by atoms with E-state index in [1.807, 2.05) is 61.3 Å². The summed E-state index contributed by atoms with van der Waals surface area (Å²) in [6.45, 7) is 5.56. The summed E-state index contributed by atoms with van der Waals surface area (Å²) in [4.78, 5) is 11.8. The molecular weight excluding hydrogens is 353 g/mol. The van der Waals surface area contributed by atoms with Gasteiger partial charge in [-0.25, -0.2) is 4.79 Å². The molecule has 0 heterocycles. The van der Waals surface area contributed by atoms with Gasteiger partial charge in [0.25, 0.3) is 0 Å². The zero-order valence-electron chi connectivity index (χ0n) is 11.5. The quantitative estimate of drug-likeness (QED) is 0.808. The van der Waals surface area contributed by atoms with Crippen LogP contribution in [0.2, 0.25) is 0 Å². The van der Waals surface area contributed by atoms with E-state index in [9.17, 15) is 4.79 Å². The van der Waals surface area contributed by atoms with Gasteiger partial charge in [-0.1, -0.05) is 59.0 Å². The highest BCUT2D eigenvalue weighted by Crippen LogP contribution is 2.09. The highest BCUT2D eigenvalue weighted by atomic mass is 127. The van der Waals surface area contributed by atoms with E-state index in [0.29, 0.717) is 0 Å². The van der Waals surface area contributed by atoms with Gasteiger partial charge >= 0.3 is 6.09 Å². The maximum atomic E-state index is 11.8. The molecule has 104 valence electrons. The van der Waals surface area contributed by atoms with Crippen molar-refractivity contribution in [2.24, 2.45) is 0 Å². The third kappa shape index (κ3) is 7.20. The van der Waals surface area contributed by atoms with E-state index in [1.54, 1.807) is 0 Å². The van der Waals surface area contributed by atoms with Gasteiger partial charge < -0.3 is 10.1 Å².